The second-order valence-corrected chi connectivity index (χ2v) is 8.76. The van der Waals surface area contributed by atoms with E-state index in [9.17, 15) is 4.79 Å². The van der Waals surface area contributed by atoms with Crippen LogP contribution in [0, 0.1) is 0 Å². The molecule has 2 nitrogen and oxygen atoms in total. The Bertz CT molecular complexity index is 757. The van der Waals surface area contributed by atoms with Crippen molar-refractivity contribution in [2.24, 2.45) is 0 Å². The molecule has 1 aliphatic carbocycles. The van der Waals surface area contributed by atoms with Crippen LogP contribution in [0.1, 0.15) is 102 Å². The molecule has 3 rings (SSSR count). The second-order valence-electron chi connectivity index (χ2n) is 8.76. The Morgan fingerprint density at radius 3 is 2.37 bits per heavy atom. The first-order chi connectivity index (χ1) is 14.8. The van der Waals surface area contributed by atoms with Crippen LogP contribution < -0.4 is 0 Å². The third-order valence-corrected chi connectivity index (χ3v) is 6.26. The molecule has 1 aromatic carbocycles. The molecule has 1 atom stereocenters. The molecule has 2 heteroatoms. The van der Waals surface area contributed by atoms with Crippen LogP contribution in [0.3, 0.4) is 0 Å². The molecule has 1 saturated carbocycles. The molecule has 2 aliphatic rings. The largest absolute Gasteiger partial charge is 0.457 e. The van der Waals surface area contributed by atoms with Gasteiger partial charge >= 0.3 is 5.97 Å². The van der Waals surface area contributed by atoms with Crippen LogP contribution in [0.4, 0.5) is 0 Å². The molecule has 162 valence electrons. The summed E-state index contributed by atoms with van der Waals surface area (Å²) in [6.07, 6.45) is 18.6. The highest BCUT2D eigenvalue weighted by Gasteiger charge is 2.29. The zero-order valence-electron chi connectivity index (χ0n) is 18.8. The van der Waals surface area contributed by atoms with E-state index < -0.39 is 0 Å². The van der Waals surface area contributed by atoms with E-state index in [1.54, 1.807) is 0 Å². The lowest BCUT2D eigenvalue weighted by molar-refractivity contribution is -0.140. The van der Waals surface area contributed by atoms with E-state index >= 15 is 0 Å². The number of rotatable bonds is 11. The van der Waals surface area contributed by atoms with E-state index in [1.165, 1.54) is 74.5 Å². The van der Waals surface area contributed by atoms with E-state index in [4.69, 9.17) is 4.74 Å². The summed E-state index contributed by atoms with van der Waals surface area (Å²) in [7, 11) is 0. The third-order valence-electron chi connectivity index (χ3n) is 6.26. The minimum atomic E-state index is -0.119. The van der Waals surface area contributed by atoms with E-state index in [-0.39, 0.29) is 12.1 Å². The van der Waals surface area contributed by atoms with Gasteiger partial charge in [-0.2, -0.15) is 0 Å². The Hall–Kier alpha value is -2.05. The first-order valence-corrected chi connectivity index (χ1v) is 12.2. The minimum Gasteiger partial charge on any atom is -0.457 e. The number of esters is 1. The van der Waals surface area contributed by atoms with Gasteiger partial charge in [-0.05, 0) is 56.1 Å². The van der Waals surface area contributed by atoms with Crippen molar-refractivity contribution in [1.29, 1.82) is 0 Å². The van der Waals surface area contributed by atoms with E-state index in [0.717, 1.165) is 31.3 Å². The number of ether oxygens (including phenoxy) is 1. The Morgan fingerprint density at radius 2 is 1.70 bits per heavy atom. The van der Waals surface area contributed by atoms with Crippen LogP contribution in [0.25, 0.3) is 5.57 Å². The fourth-order valence-electron chi connectivity index (χ4n) is 4.52. The number of carbonyl (C=O) groups is 1. The maximum atomic E-state index is 11.9. The molecule has 1 saturated heterocycles. The SMILES string of the molecule is CCCCCCCCC/C=C(/C(=C=C1CCCC1)c1ccccc1)C1CCC(=O)O1. The maximum absolute atomic E-state index is 11.9. The predicted molar refractivity (Wildman–Crippen MR) is 125 cm³/mol. The van der Waals surface area contributed by atoms with Crippen LogP contribution in [0.15, 0.2) is 53.3 Å². The molecular weight excluding hydrogens is 368 g/mol. The molecule has 1 aliphatic heterocycles. The number of allylic oxidation sites excluding steroid dienone is 1. The fraction of sp³-hybridized carbons (Fsp3) is 0.571. The number of carbonyl (C=O) groups excluding carboxylic acids is 1. The van der Waals surface area contributed by atoms with E-state index in [0.29, 0.717) is 6.42 Å². The van der Waals surface area contributed by atoms with Crippen molar-refractivity contribution in [3.8, 4) is 0 Å². The topological polar surface area (TPSA) is 26.3 Å². The zero-order chi connectivity index (χ0) is 21.0. The van der Waals surface area contributed by atoms with Crippen LogP contribution >= 0.6 is 0 Å². The van der Waals surface area contributed by atoms with Gasteiger partial charge < -0.3 is 4.74 Å². The van der Waals surface area contributed by atoms with E-state index in [1.807, 2.05) is 0 Å². The van der Waals surface area contributed by atoms with Gasteiger partial charge in [-0.25, -0.2) is 0 Å². The van der Waals surface area contributed by atoms with Crippen LogP contribution in [0.5, 0.6) is 0 Å². The highest BCUT2D eigenvalue weighted by molar-refractivity contribution is 5.82. The summed E-state index contributed by atoms with van der Waals surface area (Å²) >= 11 is 0. The number of hydrogen-bond donors (Lipinski definition) is 0. The lowest BCUT2D eigenvalue weighted by Crippen LogP contribution is -2.12. The summed E-state index contributed by atoms with van der Waals surface area (Å²) < 4.78 is 5.74. The van der Waals surface area contributed by atoms with Gasteiger partial charge in [0.25, 0.3) is 0 Å². The molecule has 0 N–H and O–H groups in total. The van der Waals surface area contributed by atoms with Gasteiger partial charge in [-0.3, -0.25) is 4.79 Å². The minimum absolute atomic E-state index is 0.0669. The smallest absolute Gasteiger partial charge is 0.306 e. The lowest BCUT2D eigenvalue weighted by atomic mass is 9.91. The molecule has 30 heavy (non-hydrogen) atoms. The highest BCUT2D eigenvalue weighted by atomic mass is 16.5. The fourth-order valence-corrected chi connectivity index (χ4v) is 4.52. The van der Waals surface area contributed by atoms with E-state index in [2.05, 4.69) is 49.1 Å². The van der Waals surface area contributed by atoms with Gasteiger partial charge in [0.2, 0.25) is 0 Å². The van der Waals surface area contributed by atoms with Crippen molar-refractivity contribution >= 4 is 11.5 Å². The Labute approximate surface area is 183 Å². The predicted octanol–water partition coefficient (Wildman–Crippen LogP) is 7.94. The zero-order valence-corrected chi connectivity index (χ0v) is 18.8. The van der Waals surface area contributed by atoms with Crippen molar-refractivity contribution in [3.05, 3.63) is 58.8 Å². The first-order valence-electron chi connectivity index (χ1n) is 12.2. The van der Waals surface area contributed by atoms with Crippen LogP contribution in [-0.4, -0.2) is 12.1 Å². The van der Waals surface area contributed by atoms with Gasteiger partial charge in [0.1, 0.15) is 6.10 Å². The molecule has 0 amide bonds. The van der Waals surface area contributed by atoms with Gasteiger partial charge in [-0.1, -0.05) is 81.9 Å². The maximum Gasteiger partial charge on any atom is 0.306 e. The van der Waals surface area contributed by atoms with Gasteiger partial charge in [0.05, 0.1) is 0 Å². The molecule has 2 fully saturated rings. The summed E-state index contributed by atoms with van der Waals surface area (Å²) in [5.41, 5.74) is 8.70. The lowest BCUT2D eigenvalue weighted by Gasteiger charge is -2.17. The number of unbranched alkanes of at least 4 members (excludes halogenated alkanes) is 7. The van der Waals surface area contributed by atoms with Gasteiger partial charge in [0.15, 0.2) is 0 Å². The molecule has 0 spiro atoms. The molecule has 1 heterocycles. The van der Waals surface area contributed by atoms with Gasteiger partial charge in [-0.15, -0.1) is 5.73 Å². The summed E-state index contributed by atoms with van der Waals surface area (Å²) in [5.74, 6) is -0.0669. The molecule has 0 radical (unpaired) electrons. The highest BCUT2D eigenvalue weighted by Crippen LogP contribution is 2.34. The van der Waals surface area contributed by atoms with Crippen LogP contribution in [0.2, 0.25) is 0 Å². The molecule has 0 bridgehead atoms. The first kappa shape index (κ1) is 22.6. The van der Waals surface area contributed by atoms with Crippen molar-refractivity contribution in [3.63, 3.8) is 0 Å². The summed E-state index contributed by atoms with van der Waals surface area (Å²) in [5, 5.41) is 0. The van der Waals surface area contributed by atoms with Crippen molar-refractivity contribution < 1.29 is 9.53 Å². The Kier molecular flexibility index (Phi) is 9.51. The average Bonchev–Trinajstić information content (AvgIpc) is 3.44. The normalized spacial score (nSPS) is 19.1. The number of cyclic esters (lactones) is 1. The third kappa shape index (κ3) is 7.03. The summed E-state index contributed by atoms with van der Waals surface area (Å²) in [6, 6.07) is 10.6. The summed E-state index contributed by atoms with van der Waals surface area (Å²) in [6.45, 7) is 2.26. The van der Waals surface area contributed by atoms with Crippen molar-refractivity contribution in [2.75, 3.05) is 0 Å². The van der Waals surface area contributed by atoms with Crippen LogP contribution in [-0.2, 0) is 9.53 Å². The number of hydrogen-bond acceptors (Lipinski definition) is 2. The number of benzene rings is 1. The average molecular weight is 407 g/mol. The summed E-state index contributed by atoms with van der Waals surface area (Å²) in [4.78, 5) is 11.9. The quantitative estimate of drug-likeness (QED) is 0.161. The Balaban J connectivity index is 1.78. The van der Waals surface area contributed by atoms with Gasteiger partial charge in [0, 0.05) is 17.6 Å². The molecule has 1 unspecified atom stereocenters. The molecular formula is C28H38O2. The molecule has 1 aromatic rings. The molecule has 0 aromatic heterocycles. The monoisotopic (exact) mass is 406 g/mol. The second kappa shape index (κ2) is 12.6. The van der Waals surface area contributed by atoms with Crippen molar-refractivity contribution in [2.45, 2.75) is 103 Å². The Morgan fingerprint density at radius 1 is 1.00 bits per heavy atom. The standard InChI is InChI=1S/C28H38O2/c1-2-3-4-5-6-7-8-12-19-25(27-20-21-28(29)30-27)26(22-23-15-13-14-16-23)24-17-10-9-11-18-24/h9-11,17-19,27H,2-8,12-16,20-21H2,1H3/b25-19-. The van der Waals surface area contributed by atoms with Crippen molar-refractivity contribution in [1.82, 2.24) is 0 Å².